The molecule has 0 atom stereocenters. The van der Waals surface area contributed by atoms with Gasteiger partial charge in [0.1, 0.15) is 0 Å². The van der Waals surface area contributed by atoms with Crippen molar-refractivity contribution in [3.8, 4) is 0 Å². The van der Waals surface area contributed by atoms with E-state index in [2.05, 4.69) is 4.72 Å². The molecule has 1 saturated heterocycles. The van der Waals surface area contributed by atoms with Crippen LogP contribution in [0.5, 0.6) is 0 Å². The number of nitrogens with zero attached hydrogens (tertiary/aromatic N) is 1. The number of carbonyl (C=O) groups is 1. The highest BCUT2D eigenvalue weighted by atomic mass is 32.2. The lowest BCUT2D eigenvalue weighted by molar-refractivity contribution is -0.140. The van der Waals surface area contributed by atoms with E-state index in [0.29, 0.717) is 6.07 Å². The number of benzene rings is 3. The number of hydrogen-bond acceptors (Lipinski definition) is 7. The van der Waals surface area contributed by atoms with E-state index < -0.39 is 63.4 Å². The molecule has 1 aliphatic rings. The lowest BCUT2D eigenvalue weighted by Gasteiger charge is -2.31. The van der Waals surface area contributed by atoms with E-state index in [9.17, 15) is 43.2 Å². The molecule has 16 heteroatoms. The Morgan fingerprint density at radius 3 is 2.00 bits per heavy atom. The summed E-state index contributed by atoms with van der Waals surface area (Å²) in [6, 6.07) is 12.1. The first-order valence-corrected chi connectivity index (χ1v) is 16.3. The average Bonchev–Trinajstić information content (AvgIpc) is 2.93. The molecule has 1 heterocycles. The maximum absolute atomic E-state index is 14.0. The number of carboxylic acids is 1. The average molecular weight is 633 g/mol. The lowest BCUT2D eigenvalue weighted by atomic mass is 10.1. The molecule has 0 bridgehead atoms. The number of piperidine rings is 1. The normalized spacial score (nSPS) is 16.0. The second-order valence-electron chi connectivity index (χ2n) is 9.10. The number of hydrogen-bond donors (Lipinski definition) is 2. The van der Waals surface area contributed by atoms with Crippen molar-refractivity contribution in [1.29, 1.82) is 0 Å². The minimum absolute atomic E-state index is 0.0844. The van der Waals surface area contributed by atoms with Gasteiger partial charge in [-0.1, -0.05) is 24.3 Å². The smallest absolute Gasteiger partial charge is 0.417 e. The Balaban J connectivity index is 1.55. The van der Waals surface area contributed by atoms with Crippen LogP contribution < -0.4 is 4.72 Å². The third-order valence-electron chi connectivity index (χ3n) is 6.40. The number of sulfone groups is 1. The molecule has 4 rings (SSSR count). The summed E-state index contributed by atoms with van der Waals surface area (Å²) < 4.78 is 123. The highest BCUT2D eigenvalue weighted by Gasteiger charge is 2.40. The summed E-state index contributed by atoms with van der Waals surface area (Å²) in [6.45, 7) is -0.375. The largest absolute Gasteiger partial charge is 0.478 e. The van der Waals surface area contributed by atoms with Crippen LogP contribution in [-0.4, -0.2) is 59.8 Å². The fourth-order valence-corrected chi connectivity index (χ4v) is 8.64. The van der Waals surface area contributed by atoms with Crippen LogP contribution in [0.25, 0.3) is 0 Å². The zero-order valence-electron chi connectivity index (χ0n) is 20.9. The molecule has 0 aliphatic carbocycles. The summed E-state index contributed by atoms with van der Waals surface area (Å²) >= 11 is 0. The van der Waals surface area contributed by atoms with Crippen molar-refractivity contribution >= 4 is 35.9 Å². The van der Waals surface area contributed by atoms with Crippen LogP contribution in [0.2, 0.25) is 0 Å². The highest BCUT2D eigenvalue weighted by molar-refractivity contribution is 7.91. The van der Waals surface area contributed by atoms with Gasteiger partial charge in [-0.25, -0.2) is 34.8 Å². The third-order valence-corrected chi connectivity index (χ3v) is 11.6. The van der Waals surface area contributed by atoms with Gasteiger partial charge in [-0.05, 0) is 61.4 Å². The van der Waals surface area contributed by atoms with Gasteiger partial charge in [-0.3, -0.25) is 0 Å². The number of rotatable bonds is 8. The van der Waals surface area contributed by atoms with E-state index >= 15 is 0 Å². The molecule has 10 nitrogen and oxygen atoms in total. The molecule has 0 saturated carbocycles. The van der Waals surface area contributed by atoms with E-state index in [1.807, 2.05) is 0 Å². The maximum Gasteiger partial charge on any atom is 0.417 e. The fourth-order valence-electron chi connectivity index (χ4n) is 4.30. The summed E-state index contributed by atoms with van der Waals surface area (Å²) in [5.41, 5.74) is -1.91. The van der Waals surface area contributed by atoms with Gasteiger partial charge in [0.05, 0.1) is 30.7 Å². The topological polar surface area (TPSA) is 155 Å². The van der Waals surface area contributed by atoms with Crippen molar-refractivity contribution in [2.24, 2.45) is 0 Å². The molecule has 3 aromatic rings. The van der Waals surface area contributed by atoms with Gasteiger partial charge in [0.25, 0.3) is 0 Å². The molecule has 2 N–H and O–H groups in total. The Morgan fingerprint density at radius 2 is 1.41 bits per heavy atom. The predicted molar refractivity (Wildman–Crippen MR) is 139 cm³/mol. The van der Waals surface area contributed by atoms with Gasteiger partial charge < -0.3 is 5.11 Å². The van der Waals surface area contributed by atoms with E-state index in [-0.39, 0.29) is 47.4 Å². The summed E-state index contributed by atoms with van der Waals surface area (Å²) in [5, 5.41) is 9.13. The maximum atomic E-state index is 14.0. The second kappa shape index (κ2) is 11.2. The third kappa shape index (κ3) is 6.46. The SMILES string of the molecule is O=C(O)c1cccc(S(=O)(=O)N2CCC(NS(=O)(=O)c3ccc(S(=O)(=O)c4ccccc4)cc3C(F)(F)F)CC2)c1. The molecule has 0 radical (unpaired) electrons. The van der Waals surface area contributed by atoms with Crippen molar-refractivity contribution in [2.45, 2.75) is 44.6 Å². The van der Waals surface area contributed by atoms with Crippen LogP contribution in [0.1, 0.15) is 28.8 Å². The molecular weight excluding hydrogens is 609 g/mol. The molecular formula is C25H23F3N2O8S3. The minimum Gasteiger partial charge on any atom is -0.478 e. The summed E-state index contributed by atoms with van der Waals surface area (Å²) in [5.74, 6) is -1.32. The van der Waals surface area contributed by atoms with E-state index in [1.54, 1.807) is 0 Å². The second-order valence-corrected chi connectivity index (χ2v) is 14.7. The monoisotopic (exact) mass is 632 g/mol. The number of alkyl halides is 3. The first-order valence-electron chi connectivity index (χ1n) is 11.9. The van der Waals surface area contributed by atoms with Crippen LogP contribution in [0.4, 0.5) is 13.2 Å². The Bertz CT molecular complexity index is 1790. The Hall–Kier alpha value is -3.31. The number of nitrogens with one attached hydrogen (secondary N) is 1. The van der Waals surface area contributed by atoms with Crippen molar-refractivity contribution in [2.75, 3.05) is 13.1 Å². The van der Waals surface area contributed by atoms with Crippen molar-refractivity contribution in [1.82, 2.24) is 9.03 Å². The Labute approximate surface area is 234 Å². The van der Waals surface area contributed by atoms with Gasteiger partial charge in [-0.2, -0.15) is 17.5 Å². The van der Waals surface area contributed by atoms with Crippen LogP contribution in [0.3, 0.4) is 0 Å². The molecule has 0 unspecified atom stereocenters. The number of carboxylic acid groups (broad SMARTS) is 1. The molecule has 3 aromatic carbocycles. The van der Waals surface area contributed by atoms with Crippen LogP contribution in [0.15, 0.2) is 92.4 Å². The van der Waals surface area contributed by atoms with Crippen LogP contribution >= 0.6 is 0 Å². The van der Waals surface area contributed by atoms with E-state index in [4.69, 9.17) is 5.11 Å². The van der Waals surface area contributed by atoms with Gasteiger partial charge in [0.2, 0.25) is 29.9 Å². The van der Waals surface area contributed by atoms with Crippen LogP contribution in [0, 0.1) is 0 Å². The zero-order valence-corrected chi connectivity index (χ0v) is 23.4. The predicted octanol–water partition coefficient (Wildman–Crippen LogP) is 3.37. The molecule has 0 spiro atoms. The van der Waals surface area contributed by atoms with E-state index in [0.717, 1.165) is 16.4 Å². The molecule has 220 valence electrons. The van der Waals surface area contributed by atoms with Crippen molar-refractivity contribution in [3.05, 3.63) is 83.9 Å². The van der Waals surface area contributed by atoms with Crippen molar-refractivity contribution in [3.63, 3.8) is 0 Å². The quantitative estimate of drug-likeness (QED) is 0.383. The number of aromatic carboxylic acids is 1. The standard InChI is InChI=1S/C25H23F3N2O8S3/c26-25(27,28)22-16-20(39(33,34)19-6-2-1-3-7-19)9-10-23(22)40(35,36)29-18-11-13-30(14-12-18)41(37,38)21-8-4-5-17(15-21)24(31)32/h1-10,15-16,18,29H,11-14H2,(H,31,32). The molecule has 41 heavy (non-hydrogen) atoms. The van der Waals surface area contributed by atoms with Gasteiger partial charge in [0, 0.05) is 19.1 Å². The van der Waals surface area contributed by atoms with Gasteiger partial charge >= 0.3 is 12.1 Å². The Kier molecular flexibility index (Phi) is 8.35. The molecule has 0 aromatic heterocycles. The van der Waals surface area contributed by atoms with E-state index in [1.165, 1.54) is 48.5 Å². The summed E-state index contributed by atoms with van der Waals surface area (Å²) in [6.07, 6.45) is -5.38. The summed E-state index contributed by atoms with van der Waals surface area (Å²) in [4.78, 5) is 8.76. The summed E-state index contributed by atoms with van der Waals surface area (Å²) in [7, 11) is -13.3. The first-order chi connectivity index (χ1) is 19.0. The fraction of sp³-hybridized carbons (Fsp3) is 0.240. The molecule has 0 amide bonds. The highest BCUT2D eigenvalue weighted by Crippen LogP contribution is 2.37. The Morgan fingerprint density at radius 1 is 0.805 bits per heavy atom. The minimum atomic E-state index is -5.21. The lowest BCUT2D eigenvalue weighted by Crippen LogP contribution is -2.46. The molecule has 1 aliphatic heterocycles. The van der Waals surface area contributed by atoms with Gasteiger partial charge in [0.15, 0.2) is 0 Å². The number of sulfonamides is 2. The van der Waals surface area contributed by atoms with Gasteiger partial charge in [-0.15, -0.1) is 0 Å². The zero-order chi connectivity index (χ0) is 30.2. The number of halogens is 3. The van der Waals surface area contributed by atoms with Crippen LogP contribution in [-0.2, 0) is 36.1 Å². The molecule has 1 fully saturated rings. The first kappa shape index (κ1) is 30.6. The van der Waals surface area contributed by atoms with Crippen molar-refractivity contribution < 1.29 is 48.3 Å².